The Morgan fingerprint density at radius 1 is 0.576 bits per heavy atom. The van der Waals surface area contributed by atoms with Gasteiger partial charge in [0.05, 0.1) is 5.54 Å². The molecule has 0 N–H and O–H groups in total. The highest BCUT2D eigenvalue weighted by atomic mass is 28.3. The SMILES string of the molecule is Cc1cc2c3c(c1)N1c4c(cc(-c5ccc(C(C)(C)C)cc5)cc4C4(C)CCCCC14C)B3c1cccc3c1N2c1ccccc1[Si]31c2ccccc2-c2ccccc21. The van der Waals surface area contributed by atoms with Crippen LogP contribution in [0.4, 0.5) is 28.4 Å². The van der Waals surface area contributed by atoms with E-state index in [1.165, 1.54) is 125 Å². The van der Waals surface area contributed by atoms with Gasteiger partial charge in [0.15, 0.2) is 8.07 Å². The summed E-state index contributed by atoms with van der Waals surface area (Å²) in [6.45, 7) is 14.6. The van der Waals surface area contributed by atoms with Gasteiger partial charge < -0.3 is 9.80 Å². The topological polar surface area (TPSA) is 6.48 Å². The van der Waals surface area contributed by atoms with Gasteiger partial charge >= 0.3 is 0 Å². The average molecular weight is 777 g/mol. The third-order valence-electron chi connectivity index (χ3n) is 16.2. The second kappa shape index (κ2) is 11.2. The van der Waals surface area contributed by atoms with Gasteiger partial charge in [-0.05, 0) is 132 Å². The van der Waals surface area contributed by atoms with Gasteiger partial charge in [-0.2, -0.15) is 0 Å². The van der Waals surface area contributed by atoms with E-state index in [2.05, 4.69) is 191 Å². The minimum absolute atomic E-state index is 0.0278. The van der Waals surface area contributed by atoms with E-state index in [-0.39, 0.29) is 23.1 Å². The molecule has 7 aromatic carbocycles. The third-order valence-corrected chi connectivity index (χ3v) is 21.1. The van der Waals surface area contributed by atoms with Crippen LogP contribution in [-0.4, -0.2) is 20.3 Å². The Bertz CT molecular complexity index is 2970. The summed E-state index contributed by atoms with van der Waals surface area (Å²) in [5.74, 6) is 0. The Labute approximate surface area is 350 Å². The molecule has 0 aromatic heterocycles. The fraction of sp³-hybridized carbons (Fsp3) is 0.236. The van der Waals surface area contributed by atoms with E-state index >= 15 is 0 Å². The normalized spacial score (nSPS) is 21.6. The minimum Gasteiger partial charge on any atom is -0.335 e. The van der Waals surface area contributed by atoms with Crippen molar-refractivity contribution >= 4 is 80.4 Å². The summed E-state index contributed by atoms with van der Waals surface area (Å²) in [4.78, 5) is 5.61. The Kier molecular flexibility index (Phi) is 6.49. The van der Waals surface area contributed by atoms with Crippen molar-refractivity contribution < 1.29 is 0 Å². The summed E-state index contributed by atoms with van der Waals surface area (Å²) in [5, 5.41) is 6.08. The number of hydrogen-bond donors (Lipinski definition) is 0. The molecule has 1 aliphatic carbocycles. The summed E-state index contributed by atoms with van der Waals surface area (Å²) in [7, 11) is -2.72. The van der Waals surface area contributed by atoms with Crippen LogP contribution in [0.3, 0.4) is 0 Å². The lowest BCUT2D eigenvalue weighted by molar-refractivity contribution is 0.195. The summed E-state index contributed by atoms with van der Waals surface area (Å²) in [6.07, 6.45) is 4.96. The van der Waals surface area contributed by atoms with Gasteiger partial charge in [0.25, 0.3) is 6.71 Å². The zero-order valence-corrected chi connectivity index (χ0v) is 36.1. The first-order valence-electron chi connectivity index (χ1n) is 22.0. The molecule has 0 radical (unpaired) electrons. The second-order valence-corrected chi connectivity index (χ2v) is 23.7. The van der Waals surface area contributed by atoms with Crippen molar-refractivity contribution in [1.82, 2.24) is 0 Å². The number of benzene rings is 7. The number of nitrogens with zero attached hydrogens (tertiary/aromatic N) is 2. The first-order valence-corrected chi connectivity index (χ1v) is 24.0. The molecule has 59 heavy (non-hydrogen) atoms. The standard InChI is InChI=1S/C55H49BN2Si/c1-34-30-44-50-45(31-34)58-51-40(54(5)28-13-14-29-55(54,58)6)32-36(35-24-26-37(27-25-35)53(2,3)4)33-42(51)56(50)41-18-15-23-49-52(41)57(44)43-19-9-12-22-48(43)59(49)46-20-10-7-16-38(46)39-17-8-11-21-47(39)59/h7-12,15-27,30-33H,13-14,28-29H2,1-6H3. The smallest absolute Gasteiger partial charge is 0.252 e. The maximum atomic E-state index is 2.88. The third kappa shape index (κ3) is 3.96. The van der Waals surface area contributed by atoms with Gasteiger partial charge in [-0.25, -0.2) is 0 Å². The molecule has 0 bridgehead atoms. The fourth-order valence-electron chi connectivity index (χ4n) is 13.4. The van der Waals surface area contributed by atoms with Gasteiger partial charge in [0, 0.05) is 33.9 Å². The highest BCUT2D eigenvalue weighted by Gasteiger charge is 2.63. The highest BCUT2D eigenvalue weighted by Crippen LogP contribution is 2.62. The Balaban J connectivity index is 1.16. The lowest BCUT2D eigenvalue weighted by Crippen LogP contribution is -2.77. The molecule has 2 unspecified atom stereocenters. The number of hydrogen-bond acceptors (Lipinski definition) is 2. The van der Waals surface area contributed by atoms with Crippen LogP contribution in [0.5, 0.6) is 0 Å². The fourth-order valence-corrected chi connectivity index (χ4v) is 18.9. The quantitative estimate of drug-likeness (QED) is 0.154. The van der Waals surface area contributed by atoms with Crippen LogP contribution in [0.2, 0.25) is 0 Å². The average Bonchev–Trinajstić information content (AvgIpc) is 3.65. The van der Waals surface area contributed by atoms with Crippen LogP contribution >= 0.6 is 0 Å². The summed E-state index contributed by atoms with van der Waals surface area (Å²) < 4.78 is 0. The molecule has 2 nitrogen and oxygen atoms in total. The number of rotatable bonds is 1. The van der Waals surface area contributed by atoms with E-state index in [0.717, 1.165) is 0 Å². The van der Waals surface area contributed by atoms with E-state index in [0.29, 0.717) is 0 Å². The molecule has 13 rings (SSSR count). The zero-order valence-electron chi connectivity index (χ0n) is 35.1. The van der Waals surface area contributed by atoms with E-state index in [4.69, 9.17) is 0 Å². The molecule has 2 atom stereocenters. The van der Waals surface area contributed by atoms with Crippen LogP contribution < -0.4 is 46.9 Å². The van der Waals surface area contributed by atoms with Crippen molar-refractivity contribution in [2.24, 2.45) is 0 Å². The van der Waals surface area contributed by atoms with Gasteiger partial charge in [0.2, 0.25) is 0 Å². The predicted molar refractivity (Wildman–Crippen MR) is 254 cm³/mol. The molecule has 1 fully saturated rings. The van der Waals surface area contributed by atoms with Crippen LogP contribution in [0.15, 0.2) is 140 Å². The predicted octanol–water partition coefficient (Wildman–Crippen LogP) is 8.99. The zero-order chi connectivity index (χ0) is 39.8. The van der Waals surface area contributed by atoms with Crippen molar-refractivity contribution in [3.05, 3.63) is 156 Å². The monoisotopic (exact) mass is 776 g/mol. The molecule has 7 aromatic rings. The van der Waals surface area contributed by atoms with Crippen molar-refractivity contribution in [3.63, 3.8) is 0 Å². The second-order valence-electron chi connectivity index (χ2n) is 20.0. The molecular weight excluding hydrogens is 728 g/mol. The lowest BCUT2D eigenvalue weighted by atomic mass is 9.33. The Morgan fingerprint density at radius 3 is 1.95 bits per heavy atom. The van der Waals surface area contributed by atoms with Crippen LogP contribution in [0.1, 0.15) is 77.0 Å². The van der Waals surface area contributed by atoms with E-state index in [1.54, 1.807) is 5.56 Å². The summed E-state index contributed by atoms with van der Waals surface area (Å²) in [6, 6.07) is 55.5. The first kappa shape index (κ1) is 34.3. The molecule has 5 aliphatic heterocycles. The molecular formula is C55H49BN2Si. The lowest BCUT2D eigenvalue weighted by Gasteiger charge is -2.54. The number of para-hydroxylation sites is 2. The molecule has 5 heterocycles. The molecule has 1 spiro atoms. The van der Waals surface area contributed by atoms with Crippen LogP contribution in [0, 0.1) is 6.92 Å². The van der Waals surface area contributed by atoms with Gasteiger partial charge in [-0.15, -0.1) is 0 Å². The van der Waals surface area contributed by atoms with Crippen molar-refractivity contribution in [2.45, 2.75) is 83.6 Å². The van der Waals surface area contributed by atoms with Crippen molar-refractivity contribution in [1.29, 1.82) is 0 Å². The summed E-state index contributed by atoms with van der Waals surface area (Å²) in [5.41, 5.74) is 21.4. The Morgan fingerprint density at radius 2 is 1.22 bits per heavy atom. The largest absolute Gasteiger partial charge is 0.335 e. The number of fused-ring (bicyclic) bond motifs is 16. The van der Waals surface area contributed by atoms with E-state index < -0.39 is 8.07 Å². The van der Waals surface area contributed by atoms with Crippen molar-refractivity contribution in [2.75, 3.05) is 9.80 Å². The highest BCUT2D eigenvalue weighted by molar-refractivity contribution is 7.24. The molecule has 6 aliphatic rings. The maximum absolute atomic E-state index is 2.88. The summed E-state index contributed by atoms with van der Waals surface area (Å²) >= 11 is 0. The van der Waals surface area contributed by atoms with Crippen LogP contribution in [-0.2, 0) is 10.8 Å². The minimum atomic E-state index is -2.72. The van der Waals surface area contributed by atoms with Gasteiger partial charge in [0.1, 0.15) is 0 Å². The van der Waals surface area contributed by atoms with Crippen molar-refractivity contribution in [3.8, 4) is 22.3 Å². The first-order chi connectivity index (χ1) is 28.6. The van der Waals surface area contributed by atoms with E-state index in [1.807, 2.05) is 0 Å². The van der Waals surface area contributed by atoms with Gasteiger partial charge in [-0.3, -0.25) is 0 Å². The number of aryl methyl sites for hydroxylation is 1. The molecule has 1 saturated carbocycles. The Hall–Kier alpha value is -5.58. The molecule has 0 saturated heterocycles. The van der Waals surface area contributed by atoms with Crippen LogP contribution in [0.25, 0.3) is 22.3 Å². The number of anilines is 5. The molecule has 286 valence electrons. The molecule has 0 amide bonds. The maximum Gasteiger partial charge on any atom is 0.252 e. The molecule has 4 heteroatoms. The van der Waals surface area contributed by atoms with Gasteiger partial charge in [-0.1, -0.05) is 156 Å². The van der Waals surface area contributed by atoms with E-state index in [9.17, 15) is 0 Å².